The molecule has 6 nitrogen and oxygen atoms in total. The molecule has 1 heterocycles. The number of aryl methyl sites for hydroxylation is 1. The van der Waals surface area contributed by atoms with Gasteiger partial charge in [-0.25, -0.2) is 9.48 Å². The van der Waals surface area contributed by atoms with Gasteiger partial charge in [0.15, 0.2) is 0 Å². The topological polar surface area (TPSA) is 84.2 Å². The maximum Gasteiger partial charge on any atom is 0.326 e. The van der Waals surface area contributed by atoms with Gasteiger partial charge >= 0.3 is 5.97 Å². The van der Waals surface area contributed by atoms with Crippen LogP contribution in [0.5, 0.6) is 0 Å². The highest BCUT2D eigenvalue weighted by Gasteiger charge is 2.25. The number of allylic oxidation sites excluding steroid dienone is 1. The molecule has 0 saturated carbocycles. The van der Waals surface area contributed by atoms with Crippen LogP contribution in [0, 0.1) is 6.92 Å². The minimum atomic E-state index is -1.06. The number of hydrogen-bond acceptors (Lipinski definition) is 3. The number of carboxylic acids is 1. The zero-order chi connectivity index (χ0) is 19.3. The minimum absolute atomic E-state index is 0.0380. The summed E-state index contributed by atoms with van der Waals surface area (Å²) in [5.74, 6) is -1.45. The van der Waals surface area contributed by atoms with Crippen LogP contribution in [-0.2, 0) is 4.79 Å². The summed E-state index contributed by atoms with van der Waals surface area (Å²) in [5.41, 5.74) is 3.14. The van der Waals surface area contributed by atoms with Gasteiger partial charge in [-0.15, -0.1) is 6.58 Å². The molecule has 1 unspecified atom stereocenters. The van der Waals surface area contributed by atoms with Crippen LogP contribution in [0.1, 0.15) is 54.2 Å². The van der Waals surface area contributed by atoms with E-state index in [4.69, 9.17) is 0 Å². The summed E-state index contributed by atoms with van der Waals surface area (Å²) in [4.78, 5) is 24.1. The Hall–Kier alpha value is -2.89. The van der Waals surface area contributed by atoms with Gasteiger partial charge in [-0.2, -0.15) is 5.10 Å². The highest BCUT2D eigenvalue weighted by atomic mass is 16.4. The fourth-order valence-corrected chi connectivity index (χ4v) is 2.76. The van der Waals surface area contributed by atoms with Crippen molar-refractivity contribution in [1.29, 1.82) is 0 Å². The Labute approximate surface area is 153 Å². The number of amides is 1. The summed E-state index contributed by atoms with van der Waals surface area (Å²) in [6, 6.07) is 6.90. The minimum Gasteiger partial charge on any atom is -0.480 e. The second-order valence-electron chi connectivity index (χ2n) is 6.58. The fourth-order valence-electron chi connectivity index (χ4n) is 2.76. The molecular formula is C20H25N3O3. The van der Waals surface area contributed by atoms with E-state index in [9.17, 15) is 14.7 Å². The largest absolute Gasteiger partial charge is 0.480 e. The predicted octanol–water partition coefficient (Wildman–Crippen LogP) is 3.45. The molecule has 0 saturated heterocycles. The molecular weight excluding hydrogens is 330 g/mol. The van der Waals surface area contributed by atoms with Crippen LogP contribution in [0.2, 0.25) is 0 Å². The average Bonchev–Trinajstić information content (AvgIpc) is 3.04. The molecule has 2 N–H and O–H groups in total. The lowest BCUT2D eigenvalue weighted by molar-refractivity contribution is -0.139. The standard InChI is InChI=1S/C20H25N3O3/c1-5-6-7-17(20(25)26)22-19(24)16-12-21-23(18(16)13(2)3)15-10-8-14(4)9-11-15/h5,8-13,17H,1,6-7H2,2-4H3,(H,22,24)(H,25,26). The first-order valence-electron chi connectivity index (χ1n) is 8.64. The molecule has 2 rings (SSSR count). The Balaban J connectivity index is 2.34. The third kappa shape index (κ3) is 4.39. The molecule has 1 amide bonds. The van der Waals surface area contributed by atoms with Gasteiger partial charge in [0.1, 0.15) is 6.04 Å². The highest BCUT2D eigenvalue weighted by molar-refractivity contribution is 5.97. The summed E-state index contributed by atoms with van der Waals surface area (Å²) < 4.78 is 1.73. The Bertz CT molecular complexity index is 791. The first-order chi connectivity index (χ1) is 12.3. The zero-order valence-electron chi connectivity index (χ0n) is 15.4. The second kappa shape index (κ2) is 8.47. The molecule has 0 aliphatic carbocycles. The van der Waals surface area contributed by atoms with E-state index >= 15 is 0 Å². The smallest absolute Gasteiger partial charge is 0.326 e. The molecule has 6 heteroatoms. The second-order valence-corrected chi connectivity index (χ2v) is 6.58. The molecule has 1 aromatic carbocycles. The van der Waals surface area contributed by atoms with Crippen molar-refractivity contribution in [3.05, 3.63) is 59.9 Å². The van der Waals surface area contributed by atoms with E-state index in [-0.39, 0.29) is 5.92 Å². The number of aliphatic carboxylic acids is 1. The van der Waals surface area contributed by atoms with Crippen molar-refractivity contribution in [2.75, 3.05) is 0 Å². The molecule has 138 valence electrons. The fraction of sp³-hybridized carbons (Fsp3) is 0.350. The van der Waals surface area contributed by atoms with Gasteiger partial charge in [0.05, 0.1) is 23.1 Å². The number of carbonyl (C=O) groups is 2. The summed E-state index contributed by atoms with van der Waals surface area (Å²) >= 11 is 0. The molecule has 0 fully saturated rings. The quantitative estimate of drug-likeness (QED) is 0.710. The summed E-state index contributed by atoms with van der Waals surface area (Å²) in [6.07, 6.45) is 3.94. The van der Waals surface area contributed by atoms with Crippen molar-refractivity contribution in [2.45, 2.75) is 45.6 Å². The van der Waals surface area contributed by atoms with Gasteiger partial charge in [-0.05, 0) is 37.8 Å². The third-order valence-corrected chi connectivity index (χ3v) is 4.14. The molecule has 2 aromatic rings. The molecule has 1 atom stereocenters. The maximum atomic E-state index is 12.7. The van der Waals surface area contributed by atoms with E-state index in [1.807, 2.05) is 45.0 Å². The maximum absolute atomic E-state index is 12.7. The van der Waals surface area contributed by atoms with Crippen molar-refractivity contribution < 1.29 is 14.7 Å². The van der Waals surface area contributed by atoms with Gasteiger partial charge in [-0.1, -0.05) is 37.6 Å². The number of carboxylic acid groups (broad SMARTS) is 1. The average molecular weight is 355 g/mol. The van der Waals surface area contributed by atoms with Gasteiger partial charge in [0, 0.05) is 0 Å². The molecule has 0 aliphatic heterocycles. The zero-order valence-corrected chi connectivity index (χ0v) is 15.4. The van der Waals surface area contributed by atoms with E-state index < -0.39 is 17.9 Å². The SMILES string of the molecule is C=CCCC(NC(=O)c1cnn(-c2ccc(C)cc2)c1C(C)C)C(=O)O. The van der Waals surface area contributed by atoms with E-state index in [0.29, 0.717) is 18.4 Å². The number of hydrogen-bond donors (Lipinski definition) is 2. The van der Waals surface area contributed by atoms with Crippen LogP contribution >= 0.6 is 0 Å². The third-order valence-electron chi connectivity index (χ3n) is 4.14. The predicted molar refractivity (Wildman–Crippen MR) is 101 cm³/mol. The van der Waals surface area contributed by atoms with Crippen molar-refractivity contribution in [2.24, 2.45) is 0 Å². The Kier molecular flexibility index (Phi) is 6.33. The van der Waals surface area contributed by atoms with E-state index in [2.05, 4.69) is 17.0 Å². The molecule has 0 bridgehead atoms. The number of nitrogens with one attached hydrogen (secondary N) is 1. The molecule has 26 heavy (non-hydrogen) atoms. The van der Waals surface area contributed by atoms with Crippen LogP contribution in [0.15, 0.2) is 43.1 Å². The molecule has 0 spiro atoms. The molecule has 0 radical (unpaired) electrons. The van der Waals surface area contributed by atoms with Crippen LogP contribution in [-0.4, -0.2) is 32.8 Å². The van der Waals surface area contributed by atoms with Gasteiger partial charge in [-0.3, -0.25) is 4.79 Å². The van der Waals surface area contributed by atoms with E-state index in [1.54, 1.807) is 10.8 Å². The van der Waals surface area contributed by atoms with Crippen LogP contribution in [0.4, 0.5) is 0 Å². The lowest BCUT2D eigenvalue weighted by Gasteiger charge is -2.16. The number of benzene rings is 1. The van der Waals surface area contributed by atoms with Gasteiger partial charge in [0.2, 0.25) is 0 Å². The molecule has 1 aromatic heterocycles. The number of aromatic nitrogens is 2. The van der Waals surface area contributed by atoms with Crippen LogP contribution in [0.3, 0.4) is 0 Å². The summed E-state index contributed by atoms with van der Waals surface area (Å²) in [7, 11) is 0. The highest BCUT2D eigenvalue weighted by Crippen LogP contribution is 2.23. The Morgan fingerprint density at radius 1 is 1.31 bits per heavy atom. The summed E-state index contributed by atoms with van der Waals surface area (Å²) in [5, 5.41) is 16.3. The Morgan fingerprint density at radius 3 is 2.50 bits per heavy atom. The normalized spacial score (nSPS) is 12.0. The summed E-state index contributed by atoms with van der Waals surface area (Å²) in [6.45, 7) is 9.55. The molecule has 0 aliphatic rings. The van der Waals surface area contributed by atoms with Crippen LogP contribution in [0.25, 0.3) is 5.69 Å². The van der Waals surface area contributed by atoms with Gasteiger partial charge in [0.25, 0.3) is 5.91 Å². The van der Waals surface area contributed by atoms with Crippen molar-refractivity contribution >= 4 is 11.9 Å². The van der Waals surface area contributed by atoms with Crippen molar-refractivity contribution in [3.63, 3.8) is 0 Å². The van der Waals surface area contributed by atoms with Gasteiger partial charge < -0.3 is 10.4 Å². The number of nitrogens with zero attached hydrogens (tertiary/aromatic N) is 2. The lowest BCUT2D eigenvalue weighted by atomic mass is 10.0. The van der Waals surface area contributed by atoms with E-state index in [0.717, 1.165) is 16.9 Å². The number of carbonyl (C=O) groups excluding carboxylic acids is 1. The lowest BCUT2D eigenvalue weighted by Crippen LogP contribution is -2.41. The number of rotatable bonds is 8. The monoisotopic (exact) mass is 355 g/mol. The first-order valence-corrected chi connectivity index (χ1v) is 8.64. The van der Waals surface area contributed by atoms with Crippen molar-refractivity contribution in [3.8, 4) is 5.69 Å². The van der Waals surface area contributed by atoms with Crippen LogP contribution < -0.4 is 5.32 Å². The van der Waals surface area contributed by atoms with E-state index in [1.165, 1.54) is 6.20 Å². The Morgan fingerprint density at radius 2 is 1.96 bits per heavy atom. The van der Waals surface area contributed by atoms with Crippen molar-refractivity contribution in [1.82, 2.24) is 15.1 Å². The first kappa shape index (κ1) is 19.4.